The number of fused-ring (bicyclic) bond motifs is 1. The highest BCUT2D eigenvalue weighted by Crippen LogP contribution is 2.28. The van der Waals surface area contributed by atoms with Crippen LogP contribution < -0.4 is 10.3 Å². The van der Waals surface area contributed by atoms with Gasteiger partial charge in [-0.15, -0.1) is 11.3 Å². The fourth-order valence-corrected chi connectivity index (χ4v) is 5.38. The van der Waals surface area contributed by atoms with Gasteiger partial charge in [0.05, 0.1) is 5.69 Å². The normalized spacial score (nSPS) is 16.8. The lowest BCUT2D eigenvalue weighted by Crippen LogP contribution is -2.43. The molecule has 2 aromatic heterocycles. The molecular weight excluding hydrogens is 444 g/mol. The Morgan fingerprint density at radius 3 is 2.71 bits per heavy atom. The zero-order valence-electron chi connectivity index (χ0n) is 20.0. The van der Waals surface area contributed by atoms with Gasteiger partial charge in [0.25, 0.3) is 5.56 Å². The van der Waals surface area contributed by atoms with Crippen LogP contribution in [0.5, 0.6) is 5.75 Å². The van der Waals surface area contributed by atoms with Gasteiger partial charge in [0.1, 0.15) is 17.4 Å². The monoisotopic (exact) mass is 476 g/mol. The molecule has 1 aliphatic carbocycles. The third-order valence-corrected chi connectivity index (χ3v) is 7.58. The van der Waals surface area contributed by atoms with Crippen LogP contribution in [-0.4, -0.2) is 52.6 Å². The second-order valence-electron chi connectivity index (χ2n) is 9.19. The van der Waals surface area contributed by atoms with Gasteiger partial charge < -0.3 is 9.64 Å². The molecule has 0 atom stereocenters. The van der Waals surface area contributed by atoms with Crippen LogP contribution in [0, 0.1) is 0 Å². The zero-order chi connectivity index (χ0) is 23.5. The summed E-state index contributed by atoms with van der Waals surface area (Å²) in [5.74, 6) is 0.583. The average Bonchev–Trinajstić information content (AvgIpc) is 3.32. The second kappa shape index (κ2) is 10.3. The predicted octanol–water partition coefficient (Wildman–Crippen LogP) is 4.14. The van der Waals surface area contributed by atoms with Crippen LogP contribution in [0.1, 0.15) is 40.7 Å². The van der Waals surface area contributed by atoms with E-state index in [0.717, 1.165) is 68.4 Å². The number of aromatic nitrogens is 2. The Kier molecular flexibility index (Phi) is 6.94. The van der Waals surface area contributed by atoms with Crippen molar-refractivity contribution in [2.45, 2.75) is 39.3 Å². The average molecular weight is 477 g/mol. The van der Waals surface area contributed by atoms with Crippen molar-refractivity contribution >= 4 is 23.1 Å². The molecule has 34 heavy (non-hydrogen) atoms. The molecule has 1 aliphatic heterocycles. The number of piperazine rings is 1. The van der Waals surface area contributed by atoms with E-state index in [-0.39, 0.29) is 5.56 Å². The molecule has 178 valence electrons. The number of nitrogens with zero attached hydrogens (tertiary/aromatic N) is 4. The van der Waals surface area contributed by atoms with Crippen LogP contribution >= 0.6 is 11.3 Å². The summed E-state index contributed by atoms with van der Waals surface area (Å²) >= 11 is 1.59. The van der Waals surface area contributed by atoms with E-state index in [1.54, 1.807) is 22.0 Å². The molecule has 5 rings (SSSR count). The van der Waals surface area contributed by atoms with E-state index in [1.165, 1.54) is 16.7 Å². The van der Waals surface area contributed by atoms with Gasteiger partial charge in [0.15, 0.2) is 0 Å². The van der Waals surface area contributed by atoms with Crippen molar-refractivity contribution in [2.24, 2.45) is 0 Å². The van der Waals surface area contributed by atoms with Crippen molar-refractivity contribution in [3.8, 4) is 5.75 Å². The number of aryl methyl sites for hydroxylation is 2. The first-order valence-corrected chi connectivity index (χ1v) is 13.0. The lowest BCUT2D eigenvalue weighted by molar-refractivity contribution is 0.148. The van der Waals surface area contributed by atoms with Crippen LogP contribution in [0.25, 0.3) is 11.8 Å². The maximum absolute atomic E-state index is 12.8. The van der Waals surface area contributed by atoms with E-state index in [1.807, 2.05) is 12.3 Å². The van der Waals surface area contributed by atoms with E-state index >= 15 is 0 Å². The van der Waals surface area contributed by atoms with Gasteiger partial charge in [-0.2, -0.15) is 0 Å². The third-order valence-electron chi connectivity index (χ3n) is 6.71. The van der Waals surface area contributed by atoms with Crippen LogP contribution in [-0.2, 0) is 26.0 Å². The molecule has 3 aromatic rings. The van der Waals surface area contributed by atoms with E-state index in [4.69, 9.17) is 4.74 Å². The van der Waals surface area contributed by atoms with Crippen molar-refractivity contribution in [3.63, 3.8) is 0 Å². The van der Waals surface area contributed by atoms with Gasteiger partial charge in [0, 0.05) is 56.1 Å². The fourth-order valence-electron chi connectivity index (χ4n) is 4.59. The fraction of sp³-hybridized carbons (Fsp3) is 0.407. The molecular formula is C27H32N4O2S. The van der Waals surface area contributed by atoms with E-state index in [2.05, 4.69) is 58.4 Å². The third kappa shape index (κ3) is 5.32. The van der Waals surface area contributed by atoms with E-state index in [0.29, 0.717) is 12.4 Å². The van der Waals surface area contributed by atoms with Crippen molar-refractivity contribution < 1.29 is 4.74 Å². The molecule has 0 saturated carbocycles. The first kappa shape index (κ1) is 23.0. The number of pyridine rings is 1. The Morgan fingerprint density at radius 1 is 1.09 bits per heavy atom. The molecule has 0 unspecified atom stereocenters. The first-order chi connectivity index (χ1) is 16.6. The highest BCUT2D eigenvalue weighted by Gasteiger charge is 2.17. The number of allylic oxidation sites excluding steroid dienone is 1. The summed E-state index contributed by atoms with van der Waals surface area (Å²) in [5.41, 5.74) is 6.01. The van der Waals surface area contributed by atoms with Gasteiger partial charge in [0.2, 0.25) is 0 Å². The minimum Gasteiger partial charge on any atom is -0.486 e. The number of ether oxygens (including phenoxy) is 1. The molecule has 0 amide bonds. The molecule has 0 N–H and O–H groups in total. The Labute approximate surface area is 205 Å². The van der Waals surface area contributed by atoms with Gasteiger partial charge in [-0.05, 0) is 55.1 Å². The number of rotatable bonds is 7. The molecule has 6 nitrogen and oxygen atoms in total. The van der Waals surface area contributed by atoms with Crippen molar-refractivity contribution in [1.29, 1.82) is 0 Å². The Balaban J connectivity index is 1.25. The van der Waals surface area contributed by atoms with Crippen LogP contribution in [0.4, 0.5) is 0 Å². The number of benzene rings is 1. The zero-order valence-corrected chi connectivity index (χ0v) is 20.8. The highest BCUT2D eigenvalue weighted by molar-refractivity contribution is 7.09. The summed E-state index contributed by atoms with van der Waals surface area (Å²) in [6, 6.07) is 10.2. The number of likely N-dealkylation sites (N-methyl/N-ethyl adjacent to an activating group) is 1. The standard InChI is InChI=1S/C27H32N4O2S/c1-3-23-19-34-26(28-23)18-33-25-8-9-31(27(32)16-25)24-7-6-21-14-20(4-5-22(21)15-24)17-30-12-10-29(2)11-13-30/h4-5,8-9,14-16,19H,3,6-7,10-13,17-18H2,1-2H3. The lowest BCUT2D eigenvalue weighted by Gasteiger charge is -2.32. The van der Waals surface area contributed by atoms with E-state index in [9.17, 15) is 4.79 Å². The molecule has 0 bridgehead atoms. The minimum absolute atomic E-state index is 0.0627. The summed E-state index contributed by atoms with van der Waals surface area (Å²) < 4.78 is 7.56. The summed E-state index contributed by atoms with van der Waals surface area (Å²) in [7, 11) is 2.19. The van der Waals surface area contributed by atoms with Crippen LogP contribution in [0.15, 0.2) is 46.7 Å². The van der Waals surface area contributed by atoms with Crippen LogP contribution in [0.3, 0.4) is 0 Å². The topological polar surface area (TPSA) is 50.6 Å². The number of hydrogen-bond donors (Lipinski definition) is 0. The Hall–Kier alpha value is -2.74. The Morgan fingerprint density at radius 2 is 1.94 bits per heavy atom. The molecule has 1 fully saturated rings. The van der Waals surface area contributed by atoms with Gasteiger partial charge in [-0.3, -0.25) is 14.3 Å². The largest absolute Gasteiger partial charge is 0.486 e. The quantitative estimate of drug-likeness (QED) is 0.513. The summed E-state index contributed by atoms with van der Waals surface area (Å²) in [5, 5.41) is 2.99. The predicted molar refractivity (Wildman–Crippen MR) is 138 cm³/mol. The highest BCUT2D eigenvalue weighted by atomic mass is 32.1. The molecule has 2 aliphatic rings. The summed E-state index contributed by atoms with van der Waals surface area (Å²) in [6.07, 6.45) is 6.70. The molecule has 3 heterocycles. The second-order valence-corrected chi connectivity index (χ2v) is 10.1. The number of hydrogen-bond acceptors (Lipinski definition) is 6. The molecule has 0 radical (unpaired) electrons. The van der Waals surface area contributed by atoms with Crippen molar-refractivity contribution in [2.75, 3.05) is 33.2 Å². The van der Waals surface area contributed by atoms with Crippen LogP contribution in [0.2, 0.25) is 0 Å². The van der Waals surface area contributed by atoms with Crippen molar-refractivity contribution in [3.05, 3.63) is 79.7 Å². The SMILES string of the molecule is CCc1csc(COc2ccn(C3=Cc4ccc(CN5CCN(C)CC5)cc4CC3)c(=O)c2)n1. The van der Waals surface area contributed by atoms with Gasteiger partial charge in [-0.25, -0.2) is 4.98 Å². The maximum Gasteiger partial charge on any atom is 0.258 e. The molecule has 1 aromatic carbocycles. The summed E-state index contributed by atoms with van der Waals surface area (Å²) in [4.78, 5) is 22.3. The minimum atomic E-state index is -0.0627. The molecule has 0 spiro atoms. The number of thiazole rings is 1. The van der Waals surface area contributed by atoms with Gasteiger partial charge in [-0.1, -0.05) is 25.1 Å². The smallest absolute Gasteiger partial charge is 0.258 e. The summed E-state index contributed by atoms with van der Waals surface area (Å²) in [6.45, 7) is 8.03. The van der Waals surface area contributed by atoms with Gasteiger partial charge >= 0.3 is 0 Å². The molecule has 7 heteroatoms. The van der Waals surface area contributed by atoms with E-state index < -0.39 is 0 Å². The Bertz CT molecular complexity index is 1240. The molecule has 1 saturated heterocycles. The first-order valence-electron chi connectivity index (χ1n) is 12.1. The van der Waals surface area contributed by atoms with Crippen molar-refractivity contribution in [1.82, 2.24) is 19.4 Å². The lowest BCUT2D eigenvalue weighted by atomic mass is 9.93. The maximum atomic E-state index is 12.8.